The topological polar surface area (TPSA) is 66.6 Å². The first-order valence-corrected chi connectivity index (χ1v) is 7.71. The highest BCUT2D eigenvalue weighted by atomic mass is 32.2. The molecule has 0 heterocycles. The van der Waals surface area contributed by atoms with E-state index in [0.29, 0.717) is 6.54 Å². The number of amides is 1. The Morgan fingerprint density at radius 1 is 1.24 bits per heavy atom. The lowest BCUT2D eigenvalue weighted by atomic mass is 10.1. The van der Waals surface area contributed by atoms with Crippen LogP contribution >= 0.6 is 11.8 Å². The standard InChI is InChI=1S/C16H18N2O2S/c1-18(10-11-6-8-12(21-2)9-7-11)16(20)13-4-3-5-14(17)15(13)19/h3-9,19H,10,17H2,1-2H3. The number of nitrogens with zero attached hydrogens (tertiary/aromatic N) is 1. The summed E-state index contributed by atoms with van der Waals surface area (Å²) >= 11 is 1.68. The van der Waals surface area contributed by atoms with Gasteiger partial charge in [0.25, 0.3) is 5.91 Å². The first-order valence-electron chi connectivity index (χ1n) is 6.48. The normalized spacial score (nSPS) is 10.4. The lowest BCUT2D eigenvalue weighted by Crippen LogP contribution is -2.26. The third-order valence-electron chi connectivity index (χ3n) is 3.22. The minimum atomic E-state index is -0.256. The molecule has 0 aliphatic heterocycles. The van der Waals surface area contributed by atoms with Crippen molar-refractivity contribution in [3.8, 4) is 5.75 Å². The van der Waals surface area contributed by atoms with Gasteiger partial charge >= 0.3 is 0 Å². The molecule has 2 rings (SSSR count). The molecule has 110 valence electrons. The molecule has 0 aliphatic carbocycles. The quantitative estimate of drug-likeness (QED) is 0.518. The number of phenolic OH excluding ortho intramolecular Hbond substituents is 1. The van der Waals surface area contributed by atoms with Crippen LogP contribution in [-0.4, -0.2) is 29.2 Å². The van der Waals surface area contributed by atoms with Gasteiger partial charge in [-0.15, -0.1) is 11.8 Å². The second-order valence-electron chi connectivity index (χ2n) is 4.75. The molecule has 0 atom stereocenters. The van der Waals surface area contributed by atoms with Crippen LogP contribution in [0.4, 0.5) is 5.69 Å². The van der Waals surface area contributed by atoms with E-state index in [2.05, 4.69) is 0 Å². The summed E-state index contributed by atoms with van der Waals surface area (Å²) in [5.41, 5.74) is 7.08. The molecular formula is C16H18N2O2S. The SMILES string of the molecule is CSc1ccc(CN(C)C(=O)c2cccc(N)c2O)cc1. The fourth-order valence-electron chi connectivity index (χ4n) is 2.02. The summed E-state index contributed by atoms with van der Waals surface area (Å²) in [7, 11) is 1.70. The Balaban J connectivity index is 2.13. The van der Waals surface area contributed by atoms with Crippen molar-refractivity contribution in [1.29, 1.82) is 0 Å². The Bertz CT molecular complexity index is 641. The van der Waals surface area contributed by atoms with Gasteiger partial charge in [-0.05, 0) is 36.1 Å². The molecule has 5 heteroatoms. The molecule has 21 heavy (non-hydrogen) atoms. The second-order valence-corrected chi connectivity index (χ2v) is 5.63. The number of thioether (sulfide) groups is 1. The van der Waals surface area contributed by atoms with Gasteiger partial charge in [0.1, 0.15) is 0 Å². The van der Waals surface area contributed by atoms with Gasteiger partial charge in [0.05, 0.1) is 11.3 Å². The van der Waals surface area contributed by atoms with Gasteiger partial charge in [0, 0.05) is 18.5 Å². The van der Waals surface area contributed by atoms with Crippen LogP contribution in [0.5, 0.6) is 5.75 Å². The number of phenols is 1. The number of rotatable bonds is 4. The number of carbonyl (C=O) groups is 1. The van der Waals surface area contributed by atoms with E-state index in [1.807, 2.05) is 30.5 Å². The molecule has 0 unspecified atom stereocenters. The predicted octanol–water partition coefficient (Wildman–Crippen LogP) is 2.97. The lowest BCUT2D eigenvalue weighted by Gasteiger charge is -2.18. The van der Waals surface area contributed by atoms with Gasteiger partial charge in [0.2, 0.25) is 0 Å². The first kappa shape index (κ1) is 15.3. The summed E-state index contributed by atoms with van der Waals surface area (Å²) in [5.74, 6) is -0.416. The number of para-hydroxylation sites is 1. The van der Waals surface area contributed by atoms with Crippen molar-refractivity contribution < 1.29 is 9.90 Å². The number of anilines is 1. The molecular weight excluding hydrogens is 284 g/mol. The van der Waals surface area contributed by atoms with E-state index >= 15 is 0 Å². The molecule has 0 fully saturated rings. The van der Waals surface area contributed by atoms with Crippen LogP contribution in [-0.2, 0) is 6.54 Å². The van der Waals surface area contributed by atoms with E-state index in [1.54, 1.807) is 41.9 Å². The molecule has 1 amide bonds. The van der Waals surface area contributed by atoms with Crippen molar-refractivity contribution >= 4 is 23.4 Å². The number of nitrogens with two attached hydrogens (primary N) is 1. The van der Waals surface area contributed by atoms with Crippen molar-refractivity contribution in [3.63, 3.8) is 0 Å². The Morgan fingerprint density at radius 2 is 1.90 bits per heavy atom. The third kappa shape index (κ3) is 3.49. The Hall–Kier alpha value is -2.14. The summed E-state index contributed by atoms with van der Waals surface area (Å²) in [6.07, 6.45) is 2.02. The molecule has 0 aliphatic rings. The molecule has 0 aromatic heterocycles. The van der Waals surface area contributed by atoms with Gasteiger partial charge in [-0.3, -0.25) is 4.79 Å². The van der Waals surface area contributed by atoms with Crippen LogP contribution in [0.3, 0.4) is 0 Å². The zero-order valence-corrected chi connectivity index (χ0v) is 12.9. The molecule has 0 saturated carbocycles. The number of nitrogen functional groups attached to an aromatic ring is 1. The van der Waals surface area contributed by atoms with Crippen molar-refractivity contribution in [2.75, 3.05) is 19.0 Å². The molecule has 3 N–H and O–H groups in total. The molecule has 4 nitrogen and oxygen atoms in total. The van der Waals surface area contributed by atoms with E-state index < -0.39 is 0 Å². The van der Waals surface area contributed by atoms with Crippen LogP contribution in [0.25, 0.3) is 0 Å². The number of aromatic hydroxyl groups is 1. The Labute approximate surface area is 128 Å². The van der Waals surface area contributed by atoms with E-state index in [-0.39, 0.29) is 22.9 Å². The fraction of sp³-hybridized carbons (Fsp3) is 0.188. The average molecular weight is 302 g/mol. The van der Waals surface area contributed by atoms with Gasteiger partial charge in [-0.25, -0.2) is 0 Å². The maximum Gasteiger partial charge on any atom is 0.257 e. The molecule has 0 bridgehead atoms. The molecule has 2 aromatic carbocycles. The summed E-state index contributed by atoms with van der Waals surface area (Å²) < 4.78 is 0. The van der Waals surface area contributed by atoms with Crippen molar-refractivity contribution in [2.45, 2.75) is 11.4 Å². The number of hydrogen-bond donors (Lipinski definition) is 2. The maximum absolute atomic E-state index is 12.4. The third-order valence-corrected chi connectivity index (χ3v) is 3.97. The summed E-state index contributed by atoms with van der Waals surface area (Å²) in [6, 6.07) is 12.8. The number of hydrogen-bond acceptors (Lipinski definition) is 4. The zero-order chi connectivity index (χ0) is 15.4. The van der Waals surface area contributed by atoms with Gasteiger partial charge in [-0.2, -0.15) is 0 Å². The van der Waals surface area contributed by atoms with Crippen LogP contribution in [0.15, 0.2) is 47.4 Å². The lowest BCUT2D eigenvalue weighted by molar-refractivity contribution is 0.0782. The van der Waals surface area contributed by atoms with E-state index in [4.69, 9.17) is 5.73 Å². The average Bonchev–Trinajstić information content (AvgIpc) is 2.50. The Kier molecular flexibility index (Phi) is 4.75. The Morgan fingerprint density at radius 3 is 2.52 bits per heavy atom. The zero-order valence-electron chi connectivity index (χ0n) is 12.0. The van der Waals surface area contributed by atoms with E-state index in [9.17, 15) is 9.90 Å². The number of carbonyl (C=O) groups excluding carboxylic acids is 1. The predicted molar refractivity (Wildman–Crippen MR) is 86.5 cm³/mol. The molecule has 0 saturated heterocycles. The summed E-state index contributed by atoms with van der Waals surface area (Å²) in [4.78, 5) is 15.1. The van der Waals surface area contributed by atoms with E-state index in [1.165, 1.54) is 4.90 Å². The summed E-state index contributed by atoms with van der Waals surface area (Å²) in [6.45, 7) is 0.474. The summed E-state index contributed by atoms with van der Waals surface area (Å²) in [5, 5.41) is 9.88. The minimum Gasteiger partial charge on any atom is -0.505 e. The van der Waals surface area contributed by atoms with Gasteiger partial charge in [-0.1, -0.05) is 18.2 Å². The highest BCUT2D eigenvalue weighted by Gasteiger charge is 2.17. The second kappa shape index (κ2) is 6.54. The highest BCUT2D eigenvalue weighted by molar-refractivity contribution is 7.98. The fourth-order valence-corrected chi connectivity index (χ4v) is 2.42. The molecule has 2 aromatic rings. The van der Waals surface area contributed by atoms with Crippen molar-refractivity contribution in [1.82, 2.24) is 4.90 Å². The largest absolute Gasteiger partial charge is 0.505 e. The van der Waals surface area contributed by atoms with Crippen LogP contribution in [0.1, 0.15) is 15.9 Å². The van der Waals surface area contributed by atoms with Crippen molar-refractivity contribution in [2.24, 2.45) is 0 Å². The maximum atomic E-state index is 12.4. The van der Waals surface area contributed by atoms with Crippen LogP contribution in [0.2, 0.25) is 0 Å². The van der Waals surface area contributed by atoms with Crippen molar-refractivity contribution in [3.05, 3.63) is 53.6 Å². The van der Waals surface area contributed by atoms with Gasteiger partial charge < -0.3 is 15.7 Å². The first-order chi connectivity index (χ1) is 10.0. The number of benzene rings is 2. The smallest absolute Gasteiger partial charge is 0.257 e. The van der Waals surface area contributed by atoms with Crippen LogP contribution in [0, 0.1) is 0 Å². The molecule has 0 radical (unpaired) electrons. The monoisotopic (exact) mass is 302 g/mol. The van der Waals surface area contributed by atoms with E-state index in [0.717, 1.165) is 5.56 Å². The van der Waals surface area contributed by atoms with Crippen LogP contribution < -0.4 is 5.73 Å². The molecule has 0 spiro atoms. The highest BCUT2D eigenvalue weighted by Crippen LogP contribution is 2.25. The minimum absolute atomic E-state index is 0.160. The van der Waals surface area contributed by atoms with Gasteiger partial charge in [0.15, 0.2) is 5.75 Å².